The number of para-hydroxylation sites is 2. The Morgan fingerprint density at radius 2 is 2.03 bits per heavy atom. The van der Waals surface area contributed by atoms with Gasteiger partial charge in [-0.15, -0.1) is 24.0 Å². The number of imidazole rings is 1. The predicted octanol–water partition coefficient (Wildman–Crippen LogP) is 3.41. The number of aliphatic imine (C=N–C) groups is 1. The summed E-state index contributed by atoms with van der Waals surface area (Å²) in [6.07, 6.45) is 2.49. The molecule has 0 saturated heterocycles. The average Bonchev–Trinajstić information content (AvgIpc) is 3.32. The minimum absolute atomic E-state index is 0. The largest absolute Gasteiger partial charge is 0.466 e. The van der Waals surface area contributed by atoms with Crippen molar-refractivity contribution in [2.24, 2.45) is 4.99 Å². The molecule has 7 nitrogen and oxygen atoms in total. The number of nitrogens with zero attached hydrogens (tertiary/aromatic N) is 3. The van der Waals surface area contributed by atoms with E-state index in [1.807, 2.05) is 32.0 Å². The topological polar surface area (TPSA) is 87.6 Å². The maximum absolute atomic E-state index is 10.6. The van der Waals surface area contributed by atoms with Crippen LogP contribution in [0, 0.1) is 6.92 Å². The molecule has 0 amide bonds. The number of aryl methyl sites for hydroxylation is 2. The van der Waals surface area contributed by atoms with E-state index >= 15 is 0 Å². The molecule has 1 atom stereocenters. The number of furan rings is 1. The van der Waals surface area contributed by atoms with E-state index in [0.29, 0.717) is 11.7 Å². The Hall–Kier alpha value is -2.07. The Morgan fingerprint density at radius 1 is 1.24 bits per heavy atom. The summed E-state index contributed by atoms with van der Waals surface area (Å²) >= 11 is 0. The van der Waals surface area contributed by atoms with Crippen LogP contribution >= 0.6 is 24.0 Å². The SMILES string of the molecule is CCNC(=NCC(C)(O)c1ccco1)NCCCn1c(C)nc2ccccc21.I. The van der Waals surface area contributed by atoms with E-state index in [2.05, 4.69) is 31.2 Å². The van der Waals surface area contributed by atoms with Crippen LogP contribution in [-0.2, 0) is 12.1 Å². The lowest BCUT2D eigenvalue weighted by atomic mass is 10.0. The number of halogens is 1. The first-order chi connectivity index (χ1) is 13.5. The summed E-state index contributed by atoms with van der Waals surface area (Å²) in [7, 11) is 0. The van der Waals surface area contributed by atoms with E-state index in [-0.39, 0.29) is 30.5 Å². The molecule has 0 aliphatic carbocycles. The number of hydrogen-bond acceptors (Lipinski definition) is 4. The van der Waals surface area contributed by atoms with E-state index in [4.69, 9.17) is 4.42 Å². The Balaban J connectivity index is 0.00000300. The van der Waals surface area contributed by atoms with Crippen molar-refractivity contribution in [1.82, 2.24) is 20.2 Å². The summed E-state index contributed by atoms with van der Waals surface area (Å²) in [4.78, 5) is 9.12. The number of benzene rings is 1. The molecule has 2 heterocycles. The highest BCUT2D eigenvalue weighted by Crippen LogP contribution is 2.21. The smallest absolute Gasteiger partial charge is 0.191 e. The molecule has 158 valence electrons. The van der Waals surface area contributed by atoms with E-state index < -0.39 is 5.60 Å². The molecule has 0 radical (unpaired) electrons. The van der Waals surface area contributed by atoms with Gasteiger partial charge in [0.2, 0.25) is 0 Å². The first kappa shape index (κ1) is 23.2. The lowest BCUT2D eigenvalue weighted by Gasteiger charge is -2.19. The summed E-state index contributed by atoms with van der Waals surface area (Å²) in [5.41, 5.74) is 1.05. The van der Waals surface area contributed by atoms with Crippen LogP contribution in [-0.4, -0.2) is 40.3 Å². The number of guanidine groups is 1. The molecule has 2 aromatic heterocycles. The quantitative estimate of drug-likeness (QED) is 0.187. The van der Waals surface area contributed by atoms with Gasteiger partial charge >= 0.3 is 0 Å². The number of aromatic nitrogens is 2. The molecule has 0 aliphatic heterocycles. The molecule has 3 aromatic rings. The molecule has 1 aromatic carbocycles. The zero-order valence-electron chi connectivity index (χ0n) is 17.2. The van der Waals surface area contributed by atoms with E-state index in [9.17, 15) is 5.11 Å². The number of fused-ring (bicyclic) bond motifs is 1. The zero-order valence-corrected chi connectivity index (χ0v) is 19.5. The van der Waals surface area contributed by atoms with Gasteiger partial charge in [-0.2, -0.15) is 0 Å². The fourth-order valence-corrected chi connectivity index (χ4v) is 3.16. The minimum atomic E-state index is -1.14. The van der Waals surface area contributed by atoms with Crippen molar-refractivity contribution in [1.29, 1.82) is 0 Å². The van der Waals surface area contributed by atoms with Gasteiger partial charge in [-0.05, 0) is 51.5 Å². The van der Waals surface area contributed by atoms with Crippen molar-refractivity contribution in [2.45, 2.75) is 39.3 Å². The van der Waals surface area contributed by atoms with Crippen molar-refractivity contribution >= 4 is 41.0 Å². The van der Waals surface area contributed by atoms with Gasteiger partial charge in [0.15, 0.2) is 5.96 Å². The second-order valence-corrected chi connectivity index (χ2v) is 7.03. The number of aliphatic hydroxyl groups is 1. The molecule has 8 heteroatoms. The molecule has 0 bridgehead atoms. The standard InChI is InChI=1S/C21H29N5O2.HI/c1-4-22-20(24-15-21(3,27)19-11-7-14-28-19)23-12-8-13-26-16(2)25-17-9-5-6-10-18(17)26;/h5-7,9-11,14,27H,4,8,12-13,15H2,1-3H3,(H2,22,23,24);1H. The highest BCUT2D eigenvalue weighted by Gasteiger charge is 2.26. The molecule has 0 saturated carbocycles. The fraction of sp³-hybridized carbons (Fsp3) is 0.429. The fourth-order valence-electron chi connectivity index (χ4n) is 3.16. The highest BCUT2D eigenvalue weighted by molar-refractivity contribution is 14.0. The van der Waals surface area contributed by atoms with Gasteiger partial charge in [0, 0.05) is 19.6 Å². The average molecular weight is 511 g/mol. The van der Waals surface area contributed by atoms with Crippen molar-refractivity contribution in [2.75, 3.05) is 19.6 Å². The monoisotopic (exact) mass is 511 g/mol. The number of rotatable bonds is 8. The van der Waals surface area contributed by atoms with Gasteiger partial charge < -0.3 is 24.7 Å². The van der Waals surface area contributed by atoms with Crippen molar-refractivity contribution in [3.8, 4) is 0 Å². The van der Waals surface area contributed by atoms with Crippen LogP contribution in [0.25, 0.3) is 11.0 Å². The van der Waals surface area contributed by atoms with Gasteiger partial charge in [-0.3, -0.25) is 0 Å². The van der Waals surface area contributed by atoms with Crippen molar-refractivity contribution < 1.29 is 9.52 Å². The lowest BCUT2D eigenvalue weighted by molar-refractivity contribution is 0.0437. The van der Waals surface area contributed by atoms with Crippen molar-refractivity contribution in [3.05, 3.63) is 54.2 Å². The molecule has 0 aliphatic rings. The van der Waals surface area contributed by atoms with E-state index in [1.165, 1.54) is 0 Å². The molecule has 29 heavy (non-hydrogen) atoms. The summed E-state index contributed by atoms with van der Waals surface area (Å²) in [6.45, 7) is 8.36. The van der Waals surface area contributed by atoms with Gasteiger partial charge in [-0.1, -0.05) is 12.1 Å². The second-order valence-electron chi connectivity index (χ2n) is 7.03. The second kappa shape index (κ2) is 10.6. The summed E-state index contributed by atoms with van der Waals surface area (Å²) < 4.78 is 7.55. The third-order valence-electron chi connectivity index (χ3n) is 4.64. The van der Waals surface area contributed by atoms with Crippen LogP contribution in [0.1, 0.15) is 31.9 Å². The lowest BCUT2D eigenvalue weighted by Crippen LogP contribution is -2.39. The Labute approximate surface area is 188 Å². The van der Waals surface area contributed by atoms with Crippen LogP contribution in [0.3, 0.4) is 0 Å². The van der Waals surface area contributed by atoms with Crippen LogP contribution in [0.2, 0.25) is 0 Å². The summed E-state index contributed by atoms with van der Waals surface area (Å²) in [6, 6.07) is 11.7. The normalized spacial score (nSPS) is 13.7. The van der Waals surface area contributed by atoms with Crippen LogP contribution in [0.15, 0.2) is 52.1 Å². The molecular formula is C21H30IN5O2. The van der Waals surface area contributed by atoms with Gasteiger partial charge in [0.05, 0.1) is 23.8 Å². The molecule has 0 fully saturated rings. The van der Waals surface area contributed by atoms with Gasteiger partial charge in [0.1, 0.15) is 17.2 Å². The van der Waals surface area contributed by atoms with E-state index in [1.54, 1.807) is 25.3 Å². The van der Waals surface area contributed by atoms with Gasteiger partial charge in [-0.25, -0.2) is 9.98 Å². The maximum atomic E-state index is 10.6. The minimum Gasteiger partial charge on any atom is -0.466 e. The Bertz CT molecular complexity index is 918. The zero-order chi connectivity index (χ0) is 20.0. The van der Waals surface area contributed by atoms with Gasteiger partial charge in [0.25, 0.3) is 0 Å². The first-order valence-electron chi connectivity index (χ1n) is 9.71. The molecule has 3 N–H and O–H groups in total. The predicted molar refractivity (Wildman–Crippen MR) is 127 cm³/mol. The van der Waals surface area contributed by atoms with E-state index in [0.717, 1.165) is 42.9 Å². The third kappa shape index (κ3) is 5.96. The van der Waals surface area contributed by atoms with Crippen LogP contribution in [0.4, 0.5) is 0 Å². The summed E-state index contributed by atoms with van der Waals surface area (Å²) in [5.74, 6) is 2.22. The number of nitrogens with one attached hydrogen (secondary N) is 2. The first-order valence-corrected chi connectivity index (χ1v) is 9.71. The molecule has 0 spiro atoms. The third-order valence-corrected chi connectivity index (χ3v) is 4.64. The Kier molecular flexibility index (Phi) is 8.51. The highest BCUT2D eigenvalue weighted by atomic mass is 127. The van der Waals surface area contributed by atoms with Crippen molar-refractivity contribution in [3.63, 3.8) is 0 Å². The summed E-state index contributed by atoms with van der Waals surface area (Å²) in [5, 5.41) is 17.1. The van der Waals surface area contributed by atoms with Crippen LogP contribution < -0.4 is 10.6 Å². The molecule has 3 rings (SSSR count). The molecular weight excluding hydrogens is 481 g/mol. The number of hydrogen-bond donors (Lipinski definition) is 3. The van der Waals surface area contributed by atoms with Crippen LogP contribution in [0.5, 0.6) is 0 Å². The molecule has 1 unspecified atom stereocenters. The Morgan fingerprint density at radius 3 is 2.76 bits per heavy atom. The maximum Gasteiger partial charge on any atom is 0.191 e.